The van der Waals surface area contributed by atoms with Gasteiger partial charge >= 0.3 is 0 Å². The first-order valence-electron chi connectivity index (χ1n) is 11.0. The Morgan fingerprint density at radius 3 is 2.41 bits per heavy atom. The van der Waals surface area contributed by atoms with E-state index in [0.717, 1.165) is 33.8 Å². The molecule has 0 radical (unpaired) electrons. The Bertz CT molecular complexity index is 1310. The number of carbonyl (C=O) groups is 1. The standard InChI is InChI=1S/C27H25N3O4/c1-19-26(20(2)29(28-19)17-22-7-6-8-24(15-22)30(32)33)16-27(31)23-13-11-21(12-14-23)18-34-25-9-4-3-5-10-25/h3-15H,16-18H2,1-2H3. The van der Waals surface area contributed by atoms with E-state index in [4.69, 9.17) is 4.74 Å². The summed E-state index contributed by atoms with van der Waals surface area (Å²) < 4.78 is 7.55. The molecule has 7 heteroatoms. The van der Waals surface area contributed by atoms with E-state index < -0.39 is 4.92 Å². The number of hydrogen-bond donors (Lipinski definition) is 0. The van der Waals surface area contributed by atoms with Gasteiger partial charge in [0.1, 0.15) is 12.4 Å². The zero-order valence-corrected chi connectivity index (χ0v) is 19.1. The first kappa shape index (κ1) is 22.9. The minimum atomic E-state index is -0.409. The average Bonchev–Trinajstić information content (AvgIpc) is 3.11. The van der Waals surface area contributed by atoms with Crippen molar-refractivity contribution in [1.29, 1.82) is 0 Å². The zero-order valence-electron chi connectivity index (χ0n) is 19.1. The summed E-state index contributed by atoms with van der Waals surface area (Å²) in [5.41, 5.74) is 4.99. The van der Waals surface area contributed by atoms with Crippen LogP contribution in [0.3, 0.4) is 0 Å². The monoisotopic (exact) mass is 455 g/mol. The number of carbonyl (C=O) groups excluding carboxylic acids is 1. The van der Waals surface area contributed by atoms with Crippen molar-refractivity contribution in [2.75, 3.05) is 0 Å². The van der Waals surface area contributed by atoms with Gasteiger partial charge in [0.2, 0.25) is 0 Å². The van der Waals surface area contributed by atoms with Crippen molar-refractivity contribution in [3.63, 3.8) is 0 Å². The second kappa shape index (κ2) is 10.1. The van der Waals surface area contributed by atoms with Crippen LogP contribution in [0, 0.1) is 24.0 Å². The Balaban J connectivity index is 1.42. The summed E-state index contributed by atoms with van der Waals surface area (Å²) in [4.78, 5) is 23.6. The van der Waals surface area contributed by atoms with Gasteiger partial charge in [0.25, 0.3) is 5.69 Å². The molecule has 0 amide bonds. The molecule has 0 N–H and O–H groups in total. The number of aromatic nitrogens is 2. The molecule has 0 atom stereocenters. The summed E-state index contributed by atoms with van der Waals surface area (Å²) in [7, 11) is 0. The maximum atomic E-state index is 13.0. The largest absolute Gasteiger partial charge is 0.489 e. The summed E-state index contributed by atoms with van der Waals surface area (Å²) in [6.07, 6.45) is 0.243. The highest BCUT2D eigenvalue weighted by Gasteiger charge is 2.17. The van der Waals surface area contributed by atoms with E-state index in [2.05, 4.69) is 5.10 Å². The van der Waals surface area contributed by atoms with Crippen molar-refractivity contribution in [3.05, 3.63) is 123 Å². The van der Waals surface area contributed by atoms with Crippen molar-refractivity contribution in [2.45, 2.75) is 33.4 Å². The lowest BCUT2D eigenvalue weighted by Crippen LogP contribution is -2.07. The fraction of sp³-hybridized carbons (Fsp3) is 0.185. The molecule has 4 rings (SSSR count). The molecule has 0 bridgehead atoms. The predicted octanol–water partition coefficient (Wildman–Crippen LogP) is 5.46. The third-order valence-corrected chi connectivity index (χ3v) is 5.75. The molecular formula is C27H25N3O4. The number of aryl methyl sites for hydroxylation is 1. The number of rotatable bonds is 9. The van der Waals surface area contributed by atoms with Crippen LogP contribution in [-0.4, -0.2) is 20.5 Å². The molecule has 0 spiro atoms. The lowest BCUT2D eigenvalue weighted by molar-refractivity contribution is -0.384. The normalized spacial score (nSPS) is 10.8. The van der Waals surface area contributed by atoms with Crippen LogP contribution in [0.25, 0.3) is 0 Å². The summed E-state index contributed by atoms with van der Waals surface area (Å²) in [5, 5.41) is 15.6. The lowest BCUT2D eigenvalue weighted by Gasteiger charge is -2.08. The first-order chi connectivity index (χ1) is 16.4. The molecule has 0 aliphatic rings. The van der Waals surface area contributed by atoms with Gasteiger partial charge in [0, 0.05) is 35.4 Å². The molecule has 0 aliphatic heterocycles. The van der Waals surface area contributed by atoms with Crippen LogP contribution in [0.2, 0.25) is 0 Å². The van der Waals surface area contributed by atoms with Gasteiger partial charge in [0.05, 0.1) is 17.2 Å². The predicted molar refractivity (Wildman–Crippen MR) is 129 cm³/mol. The fourth-order valence-electron chi connectivity index (χ4n) is 3.82. The quantitative estimate of drug-likeness (QED) is 0.190. The third kappa shape index (κ3) is 5.38. The molecule has 4 aromatic rings. The second-order valence-corrected chi connectivity index (χ2v) is 8.13. The number of Topliss-reactive ketones (excluding diaryl/α,β-unsaturated/α-hetero) is 1. The Kier molecular flexibility index (Phi) is 6.82. The molecule has 34 heavy (non-hydrogen) atoms. The molecule has 3 aromatic carbocycles. The topological polar surface area (TPSA) is 87.3 Å². The van der Waals surface area contributed by atoms with E-state index in [1.54, 1.807) is 16.8 Å². The number of nitro benzene ring substituents is 1. The molecule has 1 aromatic heterocycles. The highest BCUT2D eigenvalue weighted by molar-refractivity contribution is 5.97. The zero-order chi connectivity index (χ0) is 24.1. The molecular weight excluding hydrogens is 430 g/mol. The molecule has 1 heterocycles. The SMILES string of the molecule is Cc1nn(Cc2cccc([N+](=O)[O-])c2)c(C)c1CC(=O)c1ccc(COc2ccccc2)cc1. The van der Waals surface area contributed by atoms with Crippen LogP contribution >= 0.6 is 0 Å². The van der Waals surface area contributed by atoms with Gasteiger partial charge < -0.3 is 4.74 Å². The van der Waals surface area contributed by atoms with Gasteiger partial charge in [-0.1, -0.05) is 54.6 Å². The number of ketones is 1. The van der Waals surface area contributed by atoms with E-state index in [1.807, 2.05) is 74.5 Å². The summed E-state index contributed by atoms with van der Waals surface area (Å²) in [6, 6.07) is 23.6. The van der Waals surface area contributed by atoms with Gasteiger partial charge in [-0.05, 0) is 37.1 Å². The third-order valence-electron chi connectivity index (χ3n) is 5.75. The van der Waals surface area contributed by atoms with Crippen molar-refractivity contribution in [2.24, 2.45) is 0 Å². The number of benzene rings is 3. The van der Waals surface area contributed by atoms with Crippen LogP contribution in [0.1, 0.15) is 38.4 Å². The van der Waals surface area contributed by atoms with Crippen molar-refractivity contribution >= 4 is 11.5 Å². The van der Waals surface area contributed by atoms with Crippen molar-refractivity contribution in [3.8, 4) is 5.75 Å². The summed E-state index contributed by atoms with van der Waals surface area (Å²) in [5.74, 6) is 0.812. The van der Waals surface area contributed by atoms with E-state index in [0.29, 0.717) is 18.7 Å². The van der Waals surface area contributed by atoms with Crippen molar-refractivity contribution in [1.82, 2.24) is 9.78 Å². The Morgan fingerprint density at radius 1 is 0.971 bits per heavy atom. The second-order valence-electron chi connectivity index (χ2n) is 8.13. The van der Waals surface area contributed by atoms with E-state index >= 15 is 0 Å². The summed E-state index contributed by atoms with van der Waals surface area (Å²) in [6.45, 7) is 4.63. The Hall–Kier alpha value is -4.26. The molecule has 0 fully saturated rings. The van der Waals surface area contributed by atoms with E-state index in [-0.39, 0.29) is 17.9 Å². The van der Waals surface area contributed by atoms with Crippen molar-refractivity contribution < 1.29 is 14.5 Å². The first-order valence-corrected chi connectivity index (χ1v) is 11.0. The van der Waals surface area contributed by atoms with E-state index in [9.17, 15) is 14.9 Å². The molecule has 0 unspecified atom stereocenters. The van der Waals surface area contributed by atoms with Crippen LogP contribution < -0.4 is 4.74 Å². The molecule has 0 saturated heterocycles. The van der Waals surface area contributed by atoms with Crippen LogP contribution in [-0.2, 0) is 19.6 Å². The smallest absolute Gasteiger partial charge is 0.269 e. The number of non-ortho nitro benzene ring substituents is 1. The maximum Gasteiger partial charge on any atom is 0.269 e. The lowest BCUT2D eigenvalue weighted by atomic mass is 10.0. The van der Waals surface area contributed by atoms with E-state index in [1.165, 1.54) is 6.07 Å². The highest BCUT2D eigenvalue weighted by Crippen LogP contribution is 2.20. The van der Waals surface area contributed by atoms with Gasteiger partial charge in [-0.15, -0.1) is 0 Å². The molecule has 0 aliphatic carbocycles. The number of hydrogen-bond acceptors (Lipinski definition) is 5. The fourth-order valence-corrected chi connectivity index (χ4v) is 3.82. The number of ether oxygens (including phenoxy) is 1. The van der Waals surface area contributed by atoms with Gasteiger partial charge in [-0.2, -0.15) is 5.10 Å². The number of para-hydroxylation sites is 1. The molecule has 172 valence electrons. The number of nitrogens with zero attached hydrogens (tertiary/aromatic N) is 3. The molecule has 0 saturated carbocycles. The summed E-state index contributed by atoms with van der Waals surface area (Å²) >= 11 is 0. The van der Waals surface area contributed by atoms with Crippen LogP contribution in [0.5, 0.6) is 5.75 Å². The average molecular weight is 456 g/mol. The van der Waals surface area contributed by atoms with Gasteiger partial charge in [0.15, 0.2) is 5.78 Å². The highest BCUT2D eigenvalue weighted by atomic mass is 16.6. The molecule has 7 nitrogen and oxygen atoms in total. The minimum Gasteiger partial charge on any atom is -0.489 e. The van der Waals surface area contributed by atoms with Crippen LogP contribution in [0.4, 0.5) is 5.69 Å². The number of nitro groups is 1. The Labute approximate surface area is 197 Å². The van der Waals surface area contributed by atoms with Gasteiger partial charge in [-0.25, -0.2) is 0 Å². The maximum absolute atomic E-state index is 13.0. The minimum absolute atomic E-state index is 0.0108. The Morgan fingerprint density at radius 2 is 1.71 bits per heavy atom. The van der Waals surface area contributed by atoms with Gasteiger partial charge in [-0.3, -0.25) is 19.6 Å². The van der Waals surface area contributed by atoms with Crippen LogP contribution in [0.15, 0.2) is 78.9 Å².